The van der Waals surface area contributed by atoms with E-state index < -0.39 is 0 Å². The summed E-state index contributed by atoms with van der Waals surface area (Å²) in [4.78, 5) is 1.38. The van der Waals surface area contributed by atoms with Crippen LogP contribution < -0.4 is 5.32 Å². The van der Waals surface area contributed by atoms with Gasteiger partial charge in [0.25, 0.3) is 0 Å². The van der Waals surface area contributed by atoms with Crippen molar-refractivity contribution < 1.29 is 0 Å². The first-order valence-electron chi connectivity index (χ1n) is 4.70. The molecule has 3 heteroatoms. The second-order valence-electron chi connectivity index (χ2n) is 3.20. The predicted molar refractivity (Wildman–Crippen MR) is 60.8 cm³/mol. The molecular formula is C10H16ClNS. The van der Waals surface area contributed by atoms with E-state index in [0.717, 1.165) is 17.3 Å². The minimum absolute atomic E-state index is 0.603. The predicted octanol–water partition coefficient (Wildman–Crippen LogP) is 3.33. The number of hydrogen-bond donors (Lipinski definition) is 1. The van der Waals surface area contributed by atoms with Gasteiger partial charge in [-0.1, -0.05) is 18.5 Å². The summed E-state index contributed by atoms with van der Waals surface area (Å²) >= 11 is 7.53. The molecule has 0 spiro atoms. The summed E-state index contributed by atoms with van der Waals surface area (Å²) in [5.41, 5.74) is 0. The number of rotatable bonds is 5. The van der Waals surface area contributed by atoms with Crippen molar-refractivity contribution in [1.29, 1.82) is 0 Å². The number of nitrogens with one attached hydrogen (secondary N) is 1. The van der Waals surface area contributed by atoms with Crippen LogP contribution in [0.3, 0.4) is 0 Å². The van der Waals surface area contributed by atoms with Crippen molar-refractivity contribution in [1.82, 2.24) is 5.32 Å². The van der Waals surface area contributed by atoms with E-state index in [-0.39, 0.29) is 0 Å². The minimum atomic E-state index is 0.603. The summed E-state index contributed by atoms with van der Waals surface area (Å²) in [6.07, 6.45) is 2.32. The monoisotopic (exact) mass is 217 g/mol. The summed E-state index contributed by atoms with van der Waals surface area (Å²) in [7, 11) is 0. The van der Waals surface area contributed by atoms with Crippen LogP contribution in [0.2, 0.25) is 4.34 Å². The standard InChI is InChI=1S/C10H16ClNS/c1-3-12-8(2)4-5-9-6-7-10(11)13-9/h6-8,12H,3-5H2,1-2H3. The number of aryl methyl sites for hydroxylation is 1. The fourth-order valence-corrected chi connectivity index (χ4v) is 2.40. The van der Waals surface area contributed by atoms with Crippen LogP contribution in [0.1, 0.15) is 25.1 Å². The zero-order valence-electron chi connectivity index (χ0n) is 8.14. The van der Waals surface area contributed by atoms with Crippen LogP contribution in [0.15, 0.2) is 12.1 Å². The first-order chi connectivity index (χ1) is 6.22. The lowest BCUT2D eigenvalue weighted by atomic mass is 10.1. The normalized spacial score (nSPS) is 13.2. The molecule has 1 aromatic heterocycles. The molecular weight excluding hydrogens is 202 g/mol. The van der Waals surface area contributed by atoms with Gasteiger partial charge in [0.1, 0.15) is 0 Å². The Morgan fingerprint density at radius 2 is 2.31 bits per heavy atom. The number of halogens is 1. The van der Waals surface area contributed by atoms with Crippen molar-refractivity contribution in [3.8, 4) is 0 Å². The molecule has 13 heavy (non-hydrogen) atoms. The van der Waals surface area contributed by atoms with Gasteiger partial charge in [0.15, 0.2) is 0 Å². The molecule has 0 amide bonds. The van der Waals surface area contributed by atoms with Gasteiger partial charge in [-0.3, -0.25) is 0 Å². The van der Waals surface area contributed by atoms with Gasteiger partial charge in [0.05, 0.1) is 4.34 Å². The molecule has 0 aliphatic rings. The minimum Gasteiger partial charge on any atom is -0.315 e. The molecule has 0 aliphatic heterocycles. The zero-order valence-corrected chi connectivity index (χ0v) is 9.71. The molecule has 1 rings (SSSR count). The van der Waals surface area contributed by atoms with Crippen LogP contribution in [-0.4, -0.2) is 12.6 Å². The molecule has 0 fully saturated rings. The number of thiophene rings is 1. The van der Waals surface area contributed by atoms with E-state index in [1.54, 1.807) is 11.3 Å². The van der Waals surface area contributed by atoms with Crippen LogP contribution in [0.5, 0.6) is 0 Å². The van der Waals surface area contributed by atoms with Gasteiger partial charge in [-0.15, -0.1) is 11.3 Å². The molecule has 1 aromatic rings. The second-order valence-corrected chi connectivity index (χ2v) is 5.00. The van der Waals surface area contributed by atoms with Gasteiger partial charge in [0, 0.05) is 10.9 Å². The number of hydrogen-bond acceptors (Lipinski definition) is 2. The Morgan fingerprint density at radius 1 is 1.54 bits per heavy atom. The van der Waals surface area contributed by atoms with Crippen LogP contribution in [0, 0.1) is 0 Å². The molecule has 1 N–H and O–H groups in total. The van der Waals surface area contributed by atoms with E-state index in [4.69, 9.17) is 11.6 Å². The van der Waals surface area contributed by atoms with E-state index >= 15 is 0 Å². The lowest BCUT2D eigenvalue weighted by Crippen LogP contribution is -2.25. The van der Waals surface area contributed by atoms with Crippen molar-refractivity contribution in [2.45, 2.75) is 32.7 Å². The molecule has 0 aliphatic carbocycles. The Balaban J connectivity index is 2.26. The van der Waals surface area contributed by atoms with Crippen LogP contribution >= 0.6 is 22.9 Å². The van der Waals surface area contributed by atoms with E-state index in [0.29, 0.717) is 6.04 Å². The van der Waals surface area contributed by atoms with E-state index in [1.807, 2.05) is 6.07 Å². The fourth-order valence-electron chi connectivity index (χ4n) is 1.30. The fraction of sp³-hybridized carbons (Fsp3) is 0.600. The van der Waals surface area contributed by atoms with Crippen molar-refractivity contribution in [2.24, 2.45) is 0 Å². The molecule has 1 nitrogen and oxygen atoms in total. The maximum absolute atomic E-state index is 5.84. The average molecular weight is 218 g/mol. The van der Waals surface area contributed by atoms with Gasteiger partial charge in [-0.2, -0.15) is 0 Å². The second kappa shape index (κ2) is 5.63. The Kier molecular flexibility index (Phi) is 4.78. The van der Waals surface area contributed by atoms with Crippen LogP contribution in [0.4, 0.5) is 0 Å². The third-order valence-corrected chi connectivity index (χ3v) is 3.30. The molecule has 0 bridgehead atoms. The molecule has 1 heterocycles. The highest BCUT2D eigenvalue weighted by atomic mass is 35.5. The van der Waals surface area contributed by atoms with Crippen molar-refractivity contribution in [2.75, 3.05) is 6.54 Å². The third kappa shape index (κ3) is 4.12. The molecule has 0 saturated carbocycles. The summed E-state index contributed by atoms with van der Waals surface area (Å²) in [6, 6.07) is 4.69. The van der Waals surface area contributed by atoms with Gasteiger partial charge < -0.3 is 5.32 Å². The highest BCUT2D eigenvalue weighted by Gasteiger charge is 2.02. The first kappa shape index (κ1) is 11.0. The smallest absolute Gasteiger partial charge is 0.0931 e. The molecule has 0 radical (unpaired) electrons. The molecule has 0 saturated heterocycles. The lowest BCUT2D eigenvalue weighted by molar-refractivity contribution is 0.532. The zero-order chi connectivity index (χ0) is 9.68. The maximum atomic E-state index is 5.84. The lowest BCUT2D eigenvalue weighted by Gasteiger charge is -2.10. The van der Waals surface area contributed by atoms with Gasteiger partial charge in [-0.05, 0) is 38.4 Å². The summed E-state index contributed by atoms with van der Waals surface area (Å²) in [5.74, 6) is 0. The summed E-state index contributed by atoms with van der Waals surface area (Å²) in [5, 5.41) is 3.39. The Hall–Kier alpha value is -0.0500. The highest BCUT2D eigenvalue weighted by Crippen LogP contribution is 2.22. The molecule has 1 atom stereocenters. The third-order valence-electron chi connectivity index (χ3n) is 2.01. The summed E-state index contributed by atoms with van der Waals surface area (Å²) in [6.45, 7) is 5.41. The molecule has 74 valence electrons. The first-order valence-corrected chi connectivity index (χ1v) is 5.89. The van der Waals surface area contributed by atoms with Gasteiger partial charge in [-0.25, -0.2) is 0 Å². The van der Waals surface area contributed by atoms with E-state index in [1.165, 1.54) is 11.3 Å². The van der Waals surface area contributed by atoms with Crippen molar-refractivity contribution in [3.05, 3.63) is 21.3 Å². The highest BCUT2D eigenvalue weighted by molar-refractivity contribution is 7.16. The van der Waals surface area contributed by atoms with E-state index in [9.17, 15) is 0 Å². The quantitative estimate of drug-likeness (QED) is 0.798. The summed E-state index contributed by atoms with van der Waals surface area (Å²) < 4.78 is 0.895. The molecule has 0 aromatic carbocycles. The van der Waals surface area contributed by atoms with Crippen molar-refractivity contribution >= 4 is 22.9 Å². The largest absolute Gasteiger partial charge is 0.315 e. The average Bonchev–Trinajstić information content (AvgIpc) is 2.49. The van der Waals surface area contributed by atoms with Crippen LogP contribution in [0.25, 0.3) is 0 Å². The SMILES string of the molecule is CCNC(C)CCc1ccc(Cl)s1. The van der Waals surface area contributed by atoms with E-state index in [2.05, 4.69) is 25.2 Å². The van der Waals surface area contributed by atoms with Crippen LogP contribution in [-0.2, 0) is 6.42 Å². The van der Waals surface area contributed by atoms with Gasteiger partial charge in [0.2, 0.25) is 0 Å². The Labute approximate surface area is 89.1 Å². The Bertz CT molecular complexity index is 247. The Morgan fingerprint density at radius 3 is 2.85 bits per heavy atom. The topological polar surface area (TPSA) is 12.0 Å². The maximum Gasteiger partial charge on any atom is 0.0931 e. The van der Waals surface area contributed by atoms with Crippen molar-refractivity contribution in [3.63, 3.8) is 0 Å². The molecule has 1 unspecified atom stereocenters. The van der Waals surface area contributed by atoms with Gasteiger partial charge >= 0.3 is 0 Å².